The average Bonchev–Trinajstić information content (AvgIpc) is 3.42. The molecule has 276 valence electrons. The molecule has 0 saturated carbocycles. The summed E-state index contributed by atoms with van der Waals surface area (Å²) in [4.78, 5) is 33.5. The van der Waals surface area contributed by atoms with E-state index < -0.39 is 16.0 Å². The van der Waals surface area contributed by atoms with Crippen molar-refractivity contribution in [3.63, 3.8) is 0 Å². The molecule has 1 fully saturated rings. The van der Waals surface area contributed by atoms with Crippen molar-refractivity contribution < 1.29 is 23.1 Å². The predicted octanol–water partition coefficient (Wildman–Crippen LogP) is 5.98. The summed E-state index contributed by atoms with van der Waals surface area (Å²) in [7, 11) is -0.00831. The summed E-state index contributed by atoms with van der Waals surface area (Å²) < 4.78 is 35.4. The van der Waals surface area contributed by atoms with Gasteiger partial charge in [0.25, 0.3) is 5.56 Å². The molecule has 16 heteroatoms. The van der Waals surface area contributed by atoms with Crippen LogP contribution in [0.2, 0.25) is 10.0 Å². The molecule has 1 saturated heterocycles. The molecule has 0 radical (unpaired) electrons. The number of aliphatic carboxylic acids is 1. The van der Waals surface area contributed by atoms with Gasteiger partial charge in [-0.15, -0.1) is 0 Å². The average molecular weight is 771 g/mol. The van der Waals surface area contributed by atoms with Crippen LogP contribution in [0.4, 0.5) is 11.4 Å². The third-order valence-electron chi connectivity index (χ3n) is 8.44. The Hall–Kier alpha value is -4.47. The number of carboxylic acids is 1. The predicted molar refractivity (Wildman–Crippen MR) is 204 cm³/mol. The van der Waals surface area contributed by atoms with Gasteiger partial charge in [-0.3, -0.25) is 14.3 Å². The fourth-order valence-corrected chi connectivity index (χ4v) is 7.75. The van der Waals surface area contributed by atoms with Gasteiger partial charge in [0.2, 0.25) is 10.0 Å². The van der Waals surface area contributed by atoms with Crippen molar-refractivity contribution in [2.45, 2.75) is 38.0 Å². The molecular weight excluding hydrogens is 729 g/mol. The summed E-state index contributed by atoms with van der Waals surface area (Å²) >= 11 is 12.1. The number of benzene rings is 3. The van der Waals surface area contributed by atoms with E-state index in [1.54, 1.807) is 61.6 Å². The fourth-order valence-electron chi connectivity index (χ4n) is 5.80. The number of hydrogen-bond acceptors (Lipinski definition) is 9. The Kier molecular flexibility index (Phi) is 12.6. The van der Waals surface area contributed by atoms with Crippen molar-refractivity contribution in [2.24, 2.45) is 7.05 Å². The summed E-state index contributed by atoms with van der Waals surface area (Å²) in [5.74, 6) is -0.172. The Morgan fingerprint density at radius 2 is 1.69 bits per heavy atom. The number of para-hydroxylation sites is 2. The van der Waals surface area contributed by atoms with Crippen LogP contribution in [-0.4, -0.2) is 88.3 Å². The highest BCUT2D eigenvalue weighted by atomic mass is 35.5. The van der Waals surface area contributed by atoms with Crippen LogP contribution in [0.1, 0.15) is 31.5 Å². The largest absolute Gasteiger partial charge is 0.493 e. The number of likely N-dealkylation sites (N-methyl/N-ethyl adjacent to an activating group) is 1. The highest BCUT2D eigenvalue weighted by Crippen LogP contribution is 2.34. The molecule has 3 aromatic carbocycles. The second kappa shape index (κ2) is 16.9. The van der Waals surface area contributed by atoms with Crippen LogP contribution in [0.25, 0.3) is 22.4 Å². The number of carboxylic acid groups (broad SMARTS) is 1. The van der Waals surface area contributed by atoms with Crippen LogP contribution in [0.5, 0.6) is 5.75 Å². The van der Waals surface area contributed by atoms with E-state index in [0.29, 0.717) is 88.5 Å². The molecule has 13 nitrogen and oxygen atoms in total. The van der Waals surface area contributed by atoms with E-state index in [1.807, 2.05) is 27.0 Å². The monoisotopic (exact) mass is 769 g/mol. The number of ether oxygens (including phenoxy) is 1. The number of piperazine rings is 1. The Morgan fingerprint density at radius 3 is 2.35 bits per heavy atom. The first-order valence-electron chi connectivity index (χ1n) is 16.8. The maximum absolute atomic E-state index is 13.3. The Balaban J connectivity index is 0.000000233. The van der Waals surface area contributed by atoms with Gasteiger partial charge in [-0.2, -0.15) is 9.40 Å². The molecule has 0 atom stereocenters. The number of nitrogens with one attached hydrogen (secondary N) is 2. The van der Waals surface area contributed by atoms with E-state index >= 15 is 0 Å². The quantitative estimate of drug-likeness (QED) is 0.146. The molecule has 0 unspecified atom stereocenters. The van der Waals surface area contributed by atoms with Gasteiger partial charge < -0.3 is 25.0 Å². The minimum atomic E-state index is -3.70. The number of aryl methyl sites for hydroxylation is 2. The van der Waals surface area contributed by atoms with E-state index in [1.165, 1.54) is 8.99 Å². The van der Waals surface area contributed by atoms with Gasteiger partial charge in [0.15, 0.2) is 5.52 Å². The number of carbonyl (C=O) groups is 1. The topological polar surface area (TPSA) is 163 Å². The Bertz CT molecular complexity index is 2210. The van der Waals surface area contributed by atoms with Crippen molar-refractivity contribution in [1.82, 2.24) is 29.0 Å². The molecule has 0 bridgehead atoms. The van der Waals surface area contributed by atoms with Crippen molar-refractivity contribution in [2.75, 3.05) is 45.2 Å². The molecule has 52 heavy (non-hydrogen) atoms. The molecule has 1 aliphatic rings. The first-order chi connectivity index (χ1) is 24.8. The first-order valence-corrected chi connectivity index (χ1v) is 19.0. The number of hydrogen-bond donors (Lipinski definition) is 3. The summed E-state index contributed by atoms with van der Waals surface area (Å²) in [6, 6.07) is 17.0. The van der Waals surface area contributed by atoms with Crippen LogP contribution in [-0.2, 0) is 34.7 Å². The molecule has 3 heterocycles. The standard InChI is InChI=1S/C22H30N6O4S.C14H11Cl2NO2/c1-5-7-17-19-20(27(4)25-17)22(29)24-21(23-19)16-14-15(8-9-18(16)32-6-2)33(30,31)28-12-10-26(3)11-13-28;15-10-5-3-6-11(16)14(10)17-12-7-2-1-4-9(12)8-13(18)19/h8-9,14H,5-7,10-13H2,1-4H3,(H,23,24,29);1-7,17H,8H2,(H,18,19). The van der Waals surface area contributed by atoms with Crippen LogP contribution < -0.4 is 15.6 Å². The summed E-state index contributed by atoms with van der Waals surface area (Å²) in [5, 5.41) is 17.4. The second-order valence-electron chi connectivity index (χ2n) is 12.2. The number of sulfonamides is 1. The number of halogens is 2. The van der Waals surface area contributed by atoms with Crippen molar-refractivity contribution >= 4 is 61.6 Å². The number of anilines is 2. The highest BCUT2D eigenvalue weighted by Gasteiger charge is 2.29. The number of nitrogens with zero attached hydrogens (tertiary/aromatic N) is 5. The second-order valence-corrected chi connectivity index (χ2v) is 14.9. The van der Waals surface area contributed by atoms with Gasteiger partial charge in [0.1, 0.15) is 17.1 Å². The molecule has 5 aromatic rings. The molecule has 0 spiro atoms. The normalized spacial score (nSPS) is 13.8. The molecule has 1 aliphatic heterocycles. The number of aromatic nitrogens is 4. The minimum Gasteiger partial charge on any atom is -0.493 e. The third-order valence-corrected chi connectivity index (χ3v) is 11.0. The number of H-pyrrole nitrogens is 1. The zero-order valence-electron chi connectivity index (χ0n) is 29.3. The van der Waals surface area contributed by atoms with Crippen LogP contribution in [0.3, 0.4) is 0 Å². The first kappa shape index (κ1) is 38.8. The van der Waals surface area contributed by atoms with E-state index in [-0.39, 0.29) is 22.7 Å². The maximum atomic E-state index is 13.3. The summed E-state index contributed by atoms with van der Waals surface area (Å²) in [6.07, 6.45) is 1.48. The van der Waals surface area contributed by atoms with E-state index in [0.717, 1.165) is 12.1 Å². The number of fused-ring (bicyclic) bond motifs is 1. The molecule has 0 aliphatic carbocycles. The summed E-state index contributed by atoms with van der Waals surface area (Å²) in [6.45, 7) is 6.48. The SMILES string of the molecule is CCCc1nn(C)c2c(=O)[nH]c(-c3cc(S(=O)(=O)N4CCN(C)CC4)ccc3OCC)nc12.O=C(O)Cc1ccccc1Nc1c(Cl)cccc1Cl. The van der Waals surface area contributed by atoms with Gasteiger partial charge >= 0.3 is 5.97 Å². The fraction of sp³-hybridized carbons (Fsp3) is 0.333. The zero-order chi connectivity index (χ0) is 37.6. The van der Waals surface area contributed by atoms with Crippen LogP contribution in [0.15, 0.2) is 70.4 Å². The van der Waals surface area contributed by atoms with Gasteiger partial charge in [-0.05, 0) is 62.4 Å². The van der Waals surface area contributed by atoms with Crippen molar-refractivity contribution in [3.8, 4) is 17.1 Å². The van der Waals surface area contributed by atoms with E-state index in [9.17, 15) is 18.0 Å². The zero-order valence-corrected chi connectivity index (χ0v) is 31.6. The lowest BCUT2D eigenvalue weighted by molar-refractivity contribution is -0.136. The maximum Gasteiger partial charge on any atom is 0.307 e. The van der Waals surface area contributed by atoms with E-state index in [4.69, 9.17) is 38.0 Å². The van der Waals surface area contributed by atoms with Gasteiger partial charge in [0.05, 0.1) is 44.9 Å². The lowest BCUT2D eigenvalue weighted by atomic mass is 10.1. The molecule has 3 N–H and O–H groups in total. The Labute approximate surface area is 312 Å². The van der Waals surface area contributed by atoms with Crippen molar-refractivity contribution in [3.05, 3.63) is 92.3 Å². The number of aromatic amines is 1. The minimum absolute atomic E-state index is 0.0642. The van der Waals surface area contributed by atoms with Crippen molar-refractivity contribution in [1.29, 1.82) is 0 Å². The lowest BCUT2D eigenvalue weighted by Gasteiger charge is -2.31. The molecule has 6 rings (SSSR count). The van der Waals surface area contributed by atoms with Gasteiger partial charge in [-0.1, -0.05) is 60.8 Å². The molecule has 2 aromatic heterocycles. The van der Waals surface area contributed by atoms with E-state index in [2.05, 4.69) is 20.3 Å². The highest BCUT2D eigenvalue weighted by molar-refractivity contribution is 7.89. The summed E-state index contributed by atoms with van der Waals surface area (Å²) in [5.41, 5.74) is 3.67. The van der Waals surface area contributed by atoms with Gasteiger partial charge in [-0.25, -0.2) is 13.4 Å². The number of rotatable bonds is 11. The van der Waals surface area contributed by atoms with Crippen LogP contribution >= 0.6 is 23.2 Å². The Morgan fingerprint density at radius 1 is 1.00 bits per heavy atom. The molecule has 0 amide bonds. The smallest absolute Gasteiger partial charge is 0.307 e. The third kappa shape index (κ3) is 8.76. The molecular formula is C36H41Cl2N7O6S. The van der Waals surface area contributed by atoms with Crippen LogP contribution in [0, 0.1) is 0 Å². The van der Waals surface area contributed by atoms with Gasteiger partial charge in [0, 0.05) is 38.9 Å². The lowest BCUT2D eigenvalue weighted by Crippen LogP contribution is -2.47.